The SMILES string of the molecule is C#CCNC(=O)CCNC(=O)C(C)(C[C-](C)C)C(C)(C)SC(=S)c1ccccc1.C[C-](C)[C@@](C)(CC(C)(C)C(C)(C#N)CCC(=O)N1CCSC1=S)C(=O)NCC(C)O.[Co+2]. The fourth-order valence-electron chi connectivity index (χ4n) is 6.63. The van der Waals surface area contributed by atoms with Crippen molar-refractivity contribution in [3.8, 4) is 18.4 Å². The van der Waals surface area contributed by atoms with E-state index in [1.54, 1.807) is 11.8 Å². The van der Waals surface area contributed by atoms with E-state index >= 15 is 0 Å². The number of hydrogen-bond donors (Lipinski definition) is 4. The number of nitriles is 1. The summed E-state index contributed by atoms with van der Waals surface area (Å²) < 4.78 is 0.904. The van der Waals surface area contributed by atoms with Crippen molar-refractivity contribution in [2.45, 2.75) is 126 Å². The monoisotopic (exact) mass is 944 g/mol. The van der Waals surface area contributed by atoms with Crippen molar-refractivity contribution in [3.05, 3.63) is 47.7 Å². The fraction of sp³-hybridized carbons (Fsp3) is 0.622. The van der Waals surface area contributed by atoms with E-state index in [2.05, 4.69) is 41.8 Å². The molecule has 3 unspecified atom stereocenters. The zero-order valence-electron chi connectivity index (χ0n) is 37.6. The molecular formula is C45H67CoN5O5S4. The Labute approximate surface area is 390 Å². The molecule has 0 saturated carbocycles. The first kappa shape index (κ1) is 57.5. The molecule has 335 valence electrons. The zero-order valence-corrected chi connectivity index (χ0v) is 41.9. The molecule has 1 aromatic rings. The first-order valence-electron chi connectivity index (χ1n) is 19.9. The van der Waals surface area contributed by atoms with Crippen molar-refractivity contribution in [2.24, 2.45) is 21.7 Å². The van der Waals surface area contributed by atoms with Gasteiger partial charge in [-0.2, -0.15) is 39.4 Å². The summed E-state index contributed by atoms with van der Waals surface area (Å²) in [4.78, 5) is 52.2. The standard InChI is InChI=1S/C23H31N2O2S2.C22H36N3O3S2.Co/c1-7-14-24-19(26)13-15-25-21(27)23(6,16-17(2)3)22(4,5)29-20(28)18-11-9-8-10-12-18;1-15(2)22(7,18(28)24-12-16(3)26)13-20(4,5)21(6,14-23)9-8-17(27)25-10-11-30-19(25)29;/h1,8-12H,13-16H2,2-6H3,(H,24,26)(H,25,27);16,26H,8-13H2,1-7H3,(H,24,28);/q2*-1;+2/t;16?,21?,22-;/m.1./s1. The molecule has 60 heavy (non-hydrogen) atoms. The Morgan fingerprint density at radius 2 is 1.60 bits per heavy atom. The van der Waals surface area contributed by atoms with Gasteiger partial charge in [-0.3, -0.25) is 24.1 Å². The van der Waals surface area contributed by atoms with Crippen molar-refractivity contribution in [1.29, 1.82) is 5.26 Å². The van der Waals surface area contributed by atoms with Crippen LogP contribution in [0.25, 0.3) is 0 Å². The molecule has 4 atom stereocenters. The van der Waals surface area contributed by atoms with Crippen LogP contribution in [0, 0.1) is 57.2 Å². The van der Waals surface area contributed by atoms with Crippen LogP contribution in [-0.4, -0.2) is 84.9 Å². The van der Waals surface area contributed by atoms with Crippen LogP contribution in [0.5, 0.6) is 0 Å². The summed E-state index contributed by atoms with van der Waals surface area (Å²) in [7, 11) is 0. The minimum Gasteiger partial charge on any atom is -0.392 e. The van der Waals surface area contributed by atoms with E-state index in [9.17, 15) is 29.5 Å². The summed E-state index contributed by atoms with van der Waals surface area (Å²) in [5.74, 6) is 4.81. The van der Waals surface area contributed by atoms with Crippen LogP contribution >= 0.6 is 48.0 Å². The van der Waals surface area contributed by atoms with E-state index in [0.29, 0.717) is 30.1 Å². The number of nitrogens with one attached hydrogen (secondary N) is 3. The van der Waals surface area contributed by atoms with Crippen molar-refractivity contribution in [1.82, 2.24) is 20.9 Å². The number of hydrogen-bond acceptors (Lipinski definition) is 10. The minimum absolute atomic E-state index is 0. The van der Waals surface area contributed by atoms with E-state index < -0.39 is 32.5 Å². The Hall–Kier alpha value is -2.50. The molecule has 4 N–H and O–H groups in total. The van der Waals surface area contributed by atoms with E-state index in [1.165, 1.54) is 23.5 Å². The largest absolute Gasteiger partial charge is 2.00 e. The number of carbonyl (C=O) groups is 4. The third-order valence-corrected chi connectivity index (χ3v) is 14.8. The maximum absolute atomic E-state index is 13.2. The Morgan fingerprint density at radius 1 is 1.00 bits per heavy atom. The second-order valence-electron chi connectivity index (χ2n) is 17.5. The molecule has 15 heteroatoms. The van der Waals surface area contributed by atoms with Crippen LogP contribution in [0.4, 0.5) is 0 Å². The van der Waals surface area contributed by atoms with Gasteiger partial charge < -0.3 is 32.9 Å². The molecule has 2 rings (SSSR count). The Kier molecular flexibility index (Phi) is 24.5. The second kappa shape index (κ2) is 25.6. The van der Waals surface area contributed by atoms with E-state index in [1.807, 2.05) is 92.6 Å². The quantitative estimate of drug-likeness (QED) is 0.0579. The van der Waals surface area contributed by atoms with Gasteiger partial charge in [-0.25, -0.2) is 0 Å². The Bertz CT molecular complexity index is 1710. The van der Waals surface area contributed by atoms with Crippen LogP contribution in [-0.2, 0) is 36.0 Å². The predicted octanol–water partition coefficient (Wildman–Crippen LogP) is 7.83. The van der Waals surface area contributed by atoms with Gasteiger partial charge >= 0.3 is 16.8 Å². The number of benzene rings is 1. The number of aliphatic hydroxyl groups is 1. The number of terminal acetylenes is 1. The second-order valence-corrected chi connectivity index (χ2v) is 21.6. The molecule has 1 heterocycles. The van der Waals surface area contributed by atoms with Gasteiger partial charge in [-0.15, -0.1) is 18.2 Å². The molecular weight excluding hydrogens is 878 g/mol. The van der Waals surface area contributed by atoms with Gasteiger partial charge in [-0.05, 0) is 45.1 Å². The van der Waals surface area contributed by atoms with E-state index in [4.69, 9.17) is 30.9 Å². The summed E-state index contributed by atoms with van der Waals surface area (Å²) in [5.41, 5.74) is -1.88. The van der Waals surface area contributed by atoms with E-state index in [-0.39, 0.29) is 72.9 Å². The van der Waals surface area contributed by atoms with Gasteiger partial charge in [0, 0.05) is 48.4 Å². The van der Waals surface area contributed by atoms with Crippen molar-refractivity contribution < 1.29 is 41.1 Å². The number of amides is 4. The average molecular weight is 945 g/mol. The number of aliphatic hydroxyl groups excluding tert-OH is 1. The van der Waals surface area contributed by atoms with Gasteiger partial charge in [-0.1, -0.05) is 112 Å². The summed E-state index contributed by atoms with van der Waals surface area (Å²) in [6.07, 6.45) is 6.41. The number of thioether (sulfide) groups is 2. The van der Waals surface area contributed by atoms with Crippen molar-refractivity contribution in [3.63, 3.8) is 0 Å². The van der Waals surface area contributed by atoms with Crippen LogP contribution in [0.3, 0.4) is 0 Å². The molecule has 1 saturated heterocycles. The van der Waals surface area contributed by atoms with Crippen LogP contribution in [0.15, 0.2) is 30.3 Å². The molecule has 10 nitrogen and oxygen atoms in total. The molecule has 4 amide bonds. The zero-order chi connectivity index (χ0) is 45.4. The van der Waals surface area contributed by atoms with Crippen molar-refractivity contribution >= 4 is 80.1 Å². The topological polar surface area (TPSA) is 152 Å². The summed E-state index contributed by atoms with van der Waals surface area (Å²) in [6, 6.07) is 12.3. The molecule has 1 aliphatic heterocycles. The van der Waals surface area contributed by atoms with Gasteiger partial charge in [0.1, 0.15) is 4.32 Å². The van der Waals surface area contributed by atoms with E-state index in [0.717, 1.165) is 27.3 Å². The number of carbonyl (C=O) groups excluding carboxylic acids is 4. The molecule has 0 aliphatic carbocycles. The molecule has 0 spiro atoms. The predicted molar refractivity (Wildman–Crippen MR) is 252 cm³/mol. The average Bonchev–Trinajstić information content (AvgIpc) is 3.60. The van der Waals surface area contributed by atoms with Gasteiger partial charge in [0.25, 0.3) is 0 Å². The molecule has 1 radical (unpaired) electrons. The van der Waals surface area contributed by atoms with Gasteiger partial charge in [0.2, 0.25) is 17.7 Å². The molecule has 1 aromatic carbocycles. The summed E-state index contributed by atoms with van der Waals surface area (Å²) >= 11 is 13.9. The molecule has 1 fully saturated rings. The smallest absolute Gasteiger partial charge is 0.392 e. The van der Waals surface area contributed by atoms with Crippen LogP contribution in [0.2, 0.25) is 0 Å². The van der Waals surface area contributed by atoms with Crippen LogP contribution in [0.1, 0.15) is 121 Å². The van der Waals surface area contributed by atoms with Crippen LogP contribution < -0.4 is 16.0 Å². The molecule has 1 aliphatic rings. The first-order chi connectivity index (χ1) is 27.2. The maximum atomic E-state index is 13.2. The summed E-state index contributed by atoms with van der Waals surface area (Å²) in [6.45, 7) is 24.5. The molecule has 0 bridgehead atoms. The number of thiocarbonyl (C=S) groups is 2. The first-order valence-corrected chi connectivity index (χ1v) is 22.6. The van der Waals surface area contributed by atoms with Gasteiger partial charge in [0.05, 0.1) is 28.3 Å². The number of rotatable bonds is 20. The van der Waals surface area contributed by atoms with Gasteiger partial charge in [0.15, 0.2) is 5.91 Å². The Morgan fingerprint density at radius 3 is 2.08 bits per heavy atom. The Balaban J connectivity index is 0.00000114. The number of nitrogens with zero attached hydrogens (tertiary/aromatic N) is 2. The third kappa shape index (κ3) is 16.6. The normalized spacial score (nSPS) is 16.3. The third-order valence-electron chi connectivity index (χ3n) is 11.5. The van der Waals surface area contributed by atoms with Crippen molar-refractivity contribution in [2.75, 3.05) is 31.9 Å². The maximum Gasteiger partial charge on any atom is 2.00 e. The molecule has 0 aromatic heterocycles. The minimum atomic E-state index is -0.807. The summed E-state index contributed by atoms with van der Waals surface area (Å²) in [5, 5.41) is 27.9. The fourth-order valence-corrected chi connectivity index (χ4v) is 9.74.